The van der Waals surface area contributed by atoms with Gasteiger partial charge in [0.05, 0.1) is 0 Å². The van der Waals surface area contributed by atoms with Crippen LogP contribution in [0.5, 0.6) is 10.9 Å². The lowest BCUT2D eigenvalue weighted by atomic mass is 10.1. The lowest BCUT2D eigenvalue weighted by molar-refractivity contribution is -0.138. The lowest BCUT2D eigenvalue weighted by Crippen LogP contribution is -2.03. The van der Waals surface area contributed by atoms with Crippen molar-refractivity contribution in [3.05, 3.63) is 40.4 Å². The second-order valence-electron chi connectivity index (χ2n) is 3.83. The maximum atomic E-state index is 12.4. The van der Waals surface area contributed by atoms with Gasteiger partial charge < -0.3 is 4.74 Å². The molecular weight excluding hydrogens is 317 g/mol. The molecule has 0 unspecified atom stereocenters. The van der Waals surface area contributed by atoms with E-state index in [1.54, 1.807) is 24.3 Å². The highest BCUT2D eigenvalue weighted by molar-refractivity contribution is 7.13. The van der Waals surface area contributed by atoms with Gasteiger partial charge in [0.15, 0.2) is 0 Å². The third-order valence-electron chi connectivity index (χ3n) is 2.26. The number of aromatic nitrogens is 2. The number of benzene rings is 1. The van der Waals surface area contributed by atoms with Crippen LogP contribution in [0, 0.1) is 22.7 Å². The van der Waals surface area contributed by atoms with Gasteiger partial charge in [0.2, 0.25) is 5.01 Å². The molecule has 22 heavy (non-hydrogen) atoms. The number of nitriles is 2. The molecule has 1 aromatic heterocycles. The van der Waals surface area contributed by atoms with Crippen molar-refractivity contribution in [2.75, 3.05) is 0 Å². The average Bonchev–Trinajstić information content (AvgIpc) is 2.94. The number of alkyl halides is 3. The summed E-state index contributed by atoms with van der Waals surface area (Å²) in [6.45, 7) is 0. The van der Waals surface area contributed by atoms with Crippen LogP contribution < -0.4 is 4.74 Å². The van der Waals surface area contributed by atoms with Gasteiger partial charge in [-0.15, -0.1) is 5.10 Å². The molecule has 0 radical (unpaired) electrons. The van der Waals surface area contributed by atoms with Crippen LogP contribution in [-0.4, -0.2) is 10.2 Å². The molecule has 110 valence electrons. The molecule has 9 heteroatoms. The molecule has 0 saturated carbocycles. The van der Waals surface area contributed by atoms with Crippen LogP contribution in [0.4, 0.5) is 13.2 Å². The van der Waals surface area contributed by atoms with Crippen LogP contribution in [0.3, 0.4) is 0 Å². The summed E-state index contributed by atoms with van der Waals surface area (Å²) < 4.78 is 42.4. The minimum absolute atomic E-state index is 0.104. The summed E-state index contributed by atoms with van der Waals surface area (Å²) in [5.41, 5.74) is 0.392. The molecule has 0 aliphatic rings. The predicted octanol–water partition coefficient (Wildman–Crippen LogP) is 3.78. The Morgan fingerprint density at radius 3 is 2.55 bits per heavy atom. The normalized spacial score (nSPS) is 10.4. The topological polar surface area (TPSA) is 82.6 Å². The molecule has 0 saturated heterocycles. The summed E-state index contributed by atoms with van der Waals surface area (Å²) in [4.78, 5) is 0. The van der Waals surface area contributed by atoms with E-state index in [0.717, 1.165) is 0 Å². The molecule has 0 spiro atoms. The van der Waals surface area contributed by atoms with E-state index in [4.69, 9.17) is 15.3 Å². The SMILES string of the molecule is N#CC(C#N)=Cc1cccc(Oc2nnc(C(F)(F)F)s2)c1. The van der Waals surface area contributed by atoms with Crippen LogP contribution in [0.25, 0.3) is 6.08 Å². The van der Waals surface area contributed by atoms with E-state index in [1.165, 1.54) is 18.2 Å². The summed E-state index contributed by atoms with van der Waals surface area (Å²) in [6, 6.07) is 9.56. The van der Waals surface area contributed by atoms with E-state index in [1.807, 2.05) is 0 Å². The number of allylic oxidation sites excluding steroid dienone is 1. The zero-order valence-electron chi connectivity index (χ0n) is 10.6. The summed E-state index contributed by atoms with van der Waals surface area (Å²) >= 11 is 0.274. The molecule has 0 N–H and O–H groups in total. The van der Waals surface area contributed by atoms with Gasteiger partial charge >= 0.3 is 6.18 Å². The maximum absolute atomic E-state index is 12.4. The second-order valence-corrected chi connectivity index (χ2v) is 4.77. The Morgan fingerprint density at radius 1 is 1.23 bits per heavy atom. The third kappa shape index (κ3) is 3.81. The van der Waals surface area contributed by atoms with Crippen LogP contribution in [-0.2, 0) is 6.18 Å². The maximum Gasteiger partial charge on any atom is 0.445 e. The number of hydrogen-bond donors (Lipinski definition) is 0. The van der Waals surface area contributed by atoms with Crippen LogP contribution in [0.15, 0.2) is 29.8 Å². The van der Waals surface area contributed by atoms with Gasteiger partial charge in [-0.05, 0) is 23.8 Å². The fraction of sp³-hybridized carbons (Fsp3) is 0.0769. The fourth-order valence-electron chi connectivity index (χ4n) is 1.39. The minimum atomic E-state index is -4.57. The second kappa shape index (κ2) is 6.24. The van der Waals surface area contributed by atoms with E-state index in [9.17, 15) is 13.2 Å². The average molecular weight is 322 g/mol. The van der Waals surface area contributed by atoms with E-state index >= 15 is 0 Å². The smallest absolute Gasteiger partial charge is 0.430 e. The van der Waals surface area contributed by atoms with E-state index in [0.29, 0.717) is 5.56 Å². The first-order chi connectivity index (χ1) is 10.4. The fourth-order valence-corrected chi connectivity index (χ4v) is 1.97. The van der Waals surface area contributed by atoms with Crippen molar-refractivity contribution in [2.45, 2.75) is 6.18 Å². The molecule has 2 rings (SSSR count). The molecule has 2 aromatic rings. The molecule has 5 nitrogen and oxygen atoms in total. The Balaban J connectivity index is 2.21. The Kier molecular flexibility index (Phi) is 4.39. The van der Waals surface area contributed by atoms with E-state index in [-0.39, 0.29) is 27.9 Å². The minimum Gasteiger partial charge on any atom is -0.430 e. The molecule has 0 amide bonds. The molecule has 0 aliphatic carbocycles. The highest BCUT2D eigenvalue weighted by Gasteiger charge is 2.36. The summed E-state index contributed by atoms with van der Waals surface area (Å²) in [6.07, 6.45) is -3.24. The van der Waals surface area contributed by atoms with E-state index < -0.39 is 11.2 Å². The van der Waals surface area contributed by atoms with Gasteiger partial charge in [0, 0.05) is 0 Å². The van der Waals surface area contributed by atoms with Crippen molar-refractivity contribution in [3.8, 4) is 23.1 Å². The van der Waals surface area contributed by atoms with Crippen LogP contribution >= 0.6 is 11.3 Å². The molecule has 1 aromatic carbocycles. The van der Waals surface area contributed by atoms with Crippen molar-refractivity contribution in [1.82, 2.24) is 10.2 Å². The summed E-state index contributed by atoms with van der Waals surface area (Å²) in [5.74, 6) is 0.217. The van der Waals surface area contributed by atoms with Gasteiger partial charge in [0.1, 0.15) is 23.5 Å². The van der Waals surface area contributed by atoms with Crippen LogP contribution in [0.1, 0.15) is 10.6 Å². The molecule has 1 heterocycles. The largest absolute Gasteiger partial charge is 0.445 e. The summed E-state index contributed by atoms with van der Waals surface area (Å²) in [5, 5.41) is 22.3. The zero-order chi connectivity index (χ0) is 16.2. The zero-order valence-corrected chi connectivity index (χ0v) is 11.4. The van der Waals surface area contributed by atoms with Gasteiger partial charge in [-0.3, -0.25) is 0 Å². The number of hydrogen-bond acceptors (Lipinski definition) is 6. The van der Waals surface area contributed by atoms with Crippen molar-refractivity contribution < 1.29 is 17.9 Å². The standard InChI is InChI=1S/C13H5F3N4OS/c14-13(15,16)11-19-20-12(22-11)21-10-3-1-2-8(5-10)4-9(6-17)7-18/h1-5H. The highest BCUT2D eigenvalue weighted by Crippen LogP contribution is 2.35. The Hall–Kier alpha value is -2.91. The first kappa shape index (κ1) is 15.5. The number of halogens is 3. The van der Waals surface area contributed by atoms with Crippen molar-refractivity contribution in [1.29, 1.82) is 10.5 Å². The quantitative estimate of drug-likeness (QED) is 0.803. The Morgan fingerprint density at radius 2 is 1.95 bits per heavy atom. The predicted molar refractivity (Wildman–Crippen MR) is 70.6 cm³/mol. The van der Waals surface area contributed by atoms with Gasteiger partial charge in [-0.1, -0.05) is 28.6 Å². The molecule has 0 atom stereocenters. The van der Waals surface area contributed by atoms with Gasteiger partial charge in [-0.2, -0.15) is 23.7 Å². The highest BCUT2D eigenvalue weighted by atomic mass is 32.1. The van der Waals surface area contributed by atoms with Crippen molar-refractivity contribution in [2.24, 2.45) is 0 Å². The van der Waals surface area contributed by atoms with E-state index in [2.05, 4.69) is 10.2 Å². The van der Waals surface area contributed by atoms with Crippen molar-refractivity contribution >= 4 is 17.4 Å². The van der Waals surface area contributed by atoms with Crippen LogP contribution in [0.2, 0.25) is 0 Å². The lowest BCUT2D eigenvalue weighted by Gasteiger charge is -2.02. The summed E-state index contributed by atoms with van der Waals surface area (Å²) in [7, 11) is 0. The Labute approximate surface area is 126 Å². The number of ether oxygens (including phenoxy) is 1. The van der Waals surface area contributed by atoms with Crippen molar-refractivity contribution in [3.63, 3.8) is 0 Å². The monoisotopic (exact) mass is 322 g/mol. The third-order valence-corrected chi connectivity index (χ3v) is 3.11. The first-order valence-corrected chi connectivity index (χ1v) is 6.44. The number of nitrogens with zero attached hydrogens (tertiary/aromatic N) is 4. The molecule has 0 fully saturated rings. The first-order valence-electron chi connectivity index (χ1n) is 5.63. The molecular formula is C13H5F3N4OS. The molecule has 0 bridgehead atoms. The van der Waals surface area contributed by atoms with Gasteiger partial charge in [0.25, 0.3) is 5.19 Å². The van der Waals surface area contributed by atoms with Gasteiger partial charge in [-0.25, -0.2) is 0 Å². The number of rotatable bonds is 3. The Bertz CT molecular complexity index is 783. The molecule has 0 aliphatic heterocycles.